The van der Waals surface area contributed by atoms with Gasteiger partial charge in [0.25, 0.3) is 5.91 Å². The van der Waals surface area contributed by atoms with E-state index in [1.807, 2.05) is 30.3 Å². The molecule has 5 atom stereocenters. The predicted molar refractivity (Wildman–Crippen MR) is 162 cm³/mol. The zero-order chi connectivity index (χ0) is 30.3. The lowest BCUT2D eigenvalue weighted by molar-refractivity contribution is -0.168. The van der Waals surface area contributed by atoms with Crippen LogP contribution in [0.5, 0.6) is 0 Å². The number of hydrogen-bond acceptors (Lipinski definition) is 8. The summed E-state index contributed by atoms with van der Waals surface area (Å²) < 4.78 is 25.6. The average Bonchev–Trinajstić information content (AvgIpc) is 3.75. The van der Waals surface area contributed by atoms with Crippen molar-refractivity contribution in [3.05, 3.63) is 48.0 Å². The van der Waals surface area contributed by atoms with Gasteiger partial charge in [-0.1, -0.05) is 127 Å². The number of rotatable bonds is 21. The number of esters is 1. The molecule has 1 aromatic carbocycles. The molecule has 3 unspecified atom stereocenters. The van der Waals surface area contributed by atoms with Gasteiger partial charge in [-0.05, 0) is 6.42 Å². The van der Waals surface area contributed by atoms with E-state index in [0.717, 1.165) is 24.8 Å². The Balaban J connectivity index is 1.11. The van der Waals surface area contributed by atoms with Crippen molar-refractivity contribution in [2.24, 2.45) is 5.73 Å². The molecule has 2 fully saturated rings. The third kappa shape index (κ3) is 10.4. The lowest BCUT2D eigenvalue weighted by Crippen LogP contribution is -2.32. The first-order chi connectivity index (χ1) is 21.1. The van der Waals surface area contributed by atoms with Crippen molar-refractivity contribution in [2.45, 2.75) is 140 Å². The quantitative estimate of drug-likeness (QED) is 0.126. The molecule has 10 nitrogen and oxygen atoms in total. The van der Waals surface area contributed by atoms with Gasteiger partial charge in [-0.25, -0.2) is 9.67 Å². The summed E-state index contributed by atoms with van der Waals surface area (Å²) in [6.07, 6.45) is 18.1. The zero-order valence-corrected chi connectivity index (χ0v) is 25.7. The lowest BCUT2D eigenvalue weighted by Gasteiger charge is -2.20. The van der Waals surface area contributed by atoms with Gasteiger partial charge in [0.05, 0.1) is 0 Å². The Morgan fingerprint density at radius 3 is 1.98 bits per heavy atom. The van der Waals surface area contributed by atoms with Gasteiger partial charge in [0, 0.05) is 12.0 Å². The van der Waals surface area contributed by atoms with E-state index in [9.17, 15) is 9.59 Å². The van der Waals surface area contributed by atoms with E-state index in [1.54, 1.807) is 0 Å². The van der Waals surface area contributed by atoms with Crippen LogP contribution in [0.2, 0.25) is 0 Å². The van der Waals surface area contributed by atoms with E-state index in [4.69, 9.17) is 24.7 Å². The minimum Gasteiger partial charge on any atom is -0.463 e. The van der Waals surface area contributed by atoms with Crippen molar-refractivity contribution in [1.29, 1.82) is 0 Å². The third-order valence-electron chi connectivity index (χ3n) is 8.30. The molecule has 0 spiro atoms. The molecule has 10 heteroatoms. The van der Waals surface area contributed by atoms with Gasteiger partial charge in [0.1, 0.15) is 31.2 Å². The summed E-state index contributed by atoms with van der Waals surface area (Å²) in [6.45, 7) is 2.30. The van der Waals surface area contributed by atoms with Crippen LogP contribution in [0.1, 0.15) is 138 Å². The van der Waals surface area contributed by atoms with Crippen LogP contribution in [0.3, 0.4) is 0 Å². The molecule has 1 amide bonds. The number of aromatic nitrogens is 3. The highest BCUT2D eigenvalue weighted by Crippen LogP contribution is 2.44. The van der Waals surface area contributed by atoms with Crippen LogP contribution < -0.4 is 5.73 Å². The molecule has 2 aliphatic rings. The fourth-order valence-corrected chi connectivity index (χ4v) is 5.85. The predicted octanol–water partition coefficient (Wildman–Crippen LogP) is 6.56. The molecule has 0 radical (unpaired) electrons. The molecule has 2 aromatic rings. The van der Waals surface area contributed by atoms with Gasteiger partial charge in [-0.15, -0.1) is 5.10 Å². The number of amides is 1. The van der Waals surface area contributed by atoms with Crippen LogP contribution in [0.25, 0.3) is 0 Å². The number of nitrogens with zero attached hydrogens (tertiary/aromatic N) is 3. The minimum atomic E-state index is -0.733. The van der Waals surface area contributed by atoms with Crippen LogP contribution in [0.15, 0.2) is 36.7 Å². The van der Waals surface area contributed by atoms with Gasteiger partial charge >= 0.3 is 5.97 Å². The molecule has 2 N–H and O–H groups in total. The maximum atomic E-state index is 12.5. The van der Waals surface area contributed by atoms with Crippen LogP contribution in [-0.4, -0.2) is 51.6 Å². The average molecular weight is 599 g/mol. The number of benzene rings is 1. The van der Waals surface area contributed by atoms with Gasteiger partial charge in [-0.2, -0.15) is 0 Å². The van der Waals surface area contributed by atoms with Crippen molar-refractivity contribution in [3.63, 3.8) is 0 Å². The Labute approximate surface area is 256 Å². The van der Waals surface area contributed by atoms with E-state index in [2.05, 4.69) is 17.0 Å². The maximum absolute atomic E-state index is 12.5. The smallest absolute Gasteiger partial charge is 0.305 e. The van der Waals surface area contributed by atoms with Crippen LogP contribution in [-0.2, 0) is 23.7 Å². The summed E-state index contributed by atoms with van der Waals surface area (Å²) in [5.41, 5.74) is 6.19. The molecular weight excluding hydrogens is 548 g/mol. The summed E-state index contributed by atoms with van der Waals surface area (Å²) in [7, 11) is 0. The number of nitrogens with two attached hydrogens (primary N) is 1. The van der Waals surface area contributed by atoms with Gasteiger partial charge in [0.2, 0.25) is 5.82 Å². The molecule has 0 saturated carbocycles. The van der Waals surface area contributed by atoms with Crippen molar-refractivity contribution >= 4 is 11.9 Å². The summed E-state index contributed by atoms with van der Waals surface area (Å²) in [5.74, 6) is -1.09. The molecule has 2 saturated heterocycles. The normalized spacial score (nSPS) is 23.0. The lowest BCUT2D eigenvalue weighted by atomic mass is 10.0. The Morgan fingerprint density at radius 1 is 0.814 bits per heavy atom. The monoisotopic (exact) mass is 598 g/mol. The van der Waals surface area contributed by atoms with Crippen molar-refractivity contribution in [2.75, 3.05) is 6.61 Å². The highest BCUT2D eigenvalue weighted by molar-refractivity contribution is 5.88. The fraction of sp³-hybridized carbons (Fsp3) is 0.697. The summed E-state index contributed by atoms with van der Waals surface area (Å²) >= 11 is 0. The van der Waals surface area contributed by atoms with E-state index in [-0.39, 0.29) is 18.4 Å². The Hall–Kier alpha value is -2.82. The fourth-order valence-electron chi connectivity index (χ4n) is 5.85. The molecule has 2 aliphatic heterocycles. The number of primary amides is 1. The topological polar surface area (TPSA) is 128 Å². The highest BCUT2D eigenvalue weighted by atomic mass is 16.8. The molecule has 4 rings (SSSR count). The number of ether oxygens (including phenoxy) is 4. The number of fused-ring (bicyclic) bond motifs is 1. The second-order valence-electron chi connectivity index (χ2n) is 11.8. The number of carbonyl (C=O) groups excluding carboxylic acids is 2. The Kier molecular flexibility index (Phi) is 13.9. The van der Waals surface area contributed by atoms with E-state index in [1.165, 1.54) is 88.1 Å². The molecular formula is C33H50N4O6. The second-order valence-corrected chi connectivity index (χ2v) is 11.8. The van der Waals surface area contributed by atoms with Crippen molar-refractivity contribution in [1.82, 2.24) is 14.8 Å². The van der Waals surface area contributed by atoms with Crippen molar-refractivity contribution in [3.8, 4) is 0 Å². The molecule has 43 heavy (non-hydrogen) atoms. The number of carbonyl (C=O) groups is 2. The second kappa shape index (κ2) is 18.1. The first-order valence-electron chi connectivity index (χ1n) is 16.4. The van der Waals surface area contributed by atoms with Crippen LogP contribution in [0.4, 0.5) is 0 Å². The standard InChI is InChI=1S/C33H50N4O6/c1-2-3-4-5-6-7-8-9-10-11-12-13-14-15-19-22-27(38)40-23-26-28-29(43-33(42-28)25-20-17-16-18-21-25)32(41-26)37-24-35-31(36-37)30(34)39/h16-18,20-21,24,26,28-29,32-33H,2-15,19,22-23H2,1H3,(H2,34,39)/t26?,28?,29-,32?,33+/m1/s1. The van der Waals surface area contributed by atoms with Gasteiger partial charge in [-0.3, -0.25) is 9.59 Å². The minimum absolute atomic E-state index is 0.0392. The molecule has 0 bridgehead atoms. The SMILES string of the molecule is CCCCCCCCCCCCCCCCCC(=O)OCC1OC(n2cnc(C(N)=O)n2)[C@@H]2O[C@@H](c3ccccc3)OC12. The van der Waals surface area contributed by atoms with E-state index < -0.39 is 36.7 Å². The summed E-state index contributed by atoms with van der Waals surface area (Å²) in [5, 5.41) is 4.15. The summed E-state index contributed by atoms with van der Waals surface area (Å²) in [6, 6.07) is 9.60. The van der Waals surface area contributed by atoms with Gasteiger partial charge in [0.15, 0.2) is 12.5 Å². The first-order valence-corrected chi connectivity index (χ1v) is 16.4. The van der Waals surface area contributed by atoms with Crippen LogP contribution in [0, 0.1) is 0 Å². The molecule has 238 valence electrons. The Morgan fingerprint density at radius 2 is 1.40 bits per heavy atom. The van der Waals surface area contributed by atoms with E-state index in [0.29, 0.717) is 6.42 Å². The molecule has 1 aromatic heterocycles. The molecule has 3 heterocycles. The highest BCUT2D eigenvalue weighted by Gasteiger charge is 2.54. The van der Waals surface area contributed by atoms with Crippen LogP contribution >= 0.6 is 0 Å². The number of unbranched alkanes of at least 4 members (excludes halogenated alkanes) is 14. The van der Waals surface area contributed by atoms with Crippen molar-refractivity contribution < 1.29 is 28.5 Å². The Bertz CT molecular complexity index is 1100. The zero-order valence-electron chi connectivity index (χ0n) is 25.7. The van der Waals surface area contributed by atoms with E-state index >= 15 is 0 Å². The van der Waals surface area contributed by atoms with Gasteiger partial charge < -0.3 is 24.7 Å². The number of hydrogen-bond donors (Lipinski definition) is 1. The molecule has 0 aliphatic carbocycles. The maximum Gasteiger partial charge on any atom is 0.305 e. The largest absolute Gasteiger partial charge is 0.463 e. The first kappa shape index (κ1) is 33.1. The summed E-state index contributed by atoms with van der Waals surface area (Å²) in [4.78, 5) is 28.0. The third-order valence-corrected chi connectivity index (χ3v) is 8.30.